The Morgan fingerprint density at radius 1 is 1.32 bits per heavy atom. The molecular formula is C14H22N6O2. The van der Waals surface area contributed by atoms with Crippen LogP contribution in [0.4, 0.5) is 6.01 Å². The van der Waals surface area contributed by atoms with Gasteiger partial charge in [0.2, 0.25) is 11.9 Å². The molecule has 0 radical (unpaired) electrons. The smallest absolute Gasteiger partial charge is 0.318 e. The Bertz CT molecular complexity index is 586. The lowest BCUT2D eigenvalue weighted by molar-refractivity contribution is -0.124. The monoisotopic (exact) mass is 306 g/mol. The van der Waals surface area contributed by atoms with Gasteiger partial charge in [0.25, 0.3) is 5.91 Å². The first-order valence-electron chi connectivity index (χ1n) is 7.70. The molecule has 1 saturated heterocycles. The maximum Gasteiger partial charge on any atom is 0.318 e. The van der Waals surface area contributed by atoms with E-state index >= 15 is 0 Å². The van der Waals surface area contributed by atoms with E-state index in [9.17, 15) is 4.79 Å². The SMILES string of the molecule is CCCc1nnc(N2CCC3(CC2)N=C(N(C)C)NC3=O)o1. The van der Waals surface area contributed by atoms with Crippen LogP contribution in [0.5, 0.6) is 0 Å². The van der Waals surface area contributed by atoms with E-state index < -0.39 is 5.54 Å². The standard InChI is InChI=1S/C14H22N6O2/c1-4-5-10-17-18-13(22-10)20-8-6-14(7-9-20)11(21)15-12(16-14)19(2)3/h4-9H2,1-3H3,(H,15,16,21). The molecular weight excluding hydrogens is 284 g/mol. The van der Waals surface area contributed by atoms with E-state index in [4.69, 9.17) is 4.42 Å². The predicted octanol–water partition coefficient (Wildman–Crippen LogP) is 0.409. The Kier molecular flexibility index (Phi) is 3.76. The van der Waals surface area contributed by atoms with Gasteiger partial charge in [-0.15, -0.1) is 5.10 Å². The minimum Gasteiger partial charge on any atom is -0.408 e. The van der Waals surface area contributed by atoms with Crippen LogP contribution in [0.3, 0.4) is 0 Å². The number of aromatic nitrogens is 2. The third-order valence-corrected chi connectivity index (χ3v) is 4.17. The highest BCUT2D eigenvalue weighted by atomic mass is 16.4. The summed E-state index contributed by atoms with van der Waals surface area (Å²) < 4.78 is 5.66. The van der Waals surface area contributed by atoms with Gasteiger partial charge >= 0.3 is 6.01 Å². The summed E-state index contributed by atoms with van der Waals surface area (Å²) in [7, 11) is 3.75. The molecule has 8 nitrogen and oxygen atoms in total. The van der Waals surface area contributed by atoms with Gasteiger partial charge in [0, 0.05) is 33.6 Å². The van der Waals surface area contributed by atoms with Crippen molar-refractivity contribution in [3.05, 3.63) is 5.89 Å². The van der Waals surface area contributed by atoms with Gasteiger partial charge in [-0.2, -0.15) is 0 Å². The van der Waals surface area contributed by atoms with Gasteiger partial charge in [-0.25, -0.2) is 4.99 Å². The van der Waals surface area contributed by atoms with Crippen molar-refractivity contribution in [1.82, 2.24) is 20.4 Å². The fourth-order valence-corrected chi connectivity index (χ4v) is 2.81. The number of amides is 1. The molecule has 3 rings (SSSR count). The average molecular weight is 306 g/mol. The van der Waals surface area contributed by atoms with E-state index in [0.717, 1.165) is 12.8 Å². The van der Waals surface area contributed by atoms with Crippen molar-refractivity contribution in [2.45, 2.75) is 38.1 Å². The molecule has 0 atom stereocenters. The van der Waals surface area contributed by atoms with Crippen molar-refractivity contribution in [3.63, 3.8) is 0 Å². The van der Waals surface area contributed by atoms with Crippen LogP contribution in [0.25, 0.3) is 0 Å². The van der Waals surface area contributed by atoms with Crippen LogP contribution >= 0.6 is 0 Å². The molecule has 1 amide bonds. The first-order valence-corrected chi connectivity index (χ1v) is 7.70. The molecule has 120 valence electrons. The number of nitrogens with zero attached hydrogens (tertiary/aromatic N) is 5. The molecule has 0 unspecified atom stereocenters. The van der Waals surface area contributed by atoms with E-state index in [0.29, 0.717) is 43.8 Å². The van der Waals surface area contributed by atoms with Crippen molar-refractivity contribution in [1.29, 1.82) is 0 Å². The van der Waals surface area contributed by atoms with E-state index in [1.807, 2.05) is 23.9 Å². The molecule has 1 spiro atoms. The summed E-state index contributed by atoms with van der Waals surface area (Å²) in [5.74, 6) is 1.30. The highest BCUT2D eigenvalue weighted by Gasteiger charge is 2.46. The lowest BCUT2D eigenvalue weighted by atomic mass is 9.88. The number of aryl methyl sites for hydroxylation is 1. The highest BCUT2D eigenvalue weighted by Crippen LogP contribution is 2.31. The average Bonchev–Trinajstić information content (AvgIpc) is 3.07. The molecule has 0 saturated carbocycles. The number of carbonyl (C=O) groups is 1. The first kappa shape index (κ1) is 14.8. The van der Waals surface area contributed by atoms with Gasteiger partial charge in [0.1, 0.15) is 5.54 Å². The molecule has 2 aliphatic rings. The van der Waals surface area contributed by atoms with Crippen molar-refractivity contribution >= 4 is 17.9 Å². The highest BCUT2D eigenvalue weighted by molar-refractivity contribution is 6.07. The Hall–Kier alpha value is -2.12. The topological polar surface area (TPSA) is 86.9 Å². The summed E-state index contributed by atoms with van der Waals surface area (Å²) in [6, 6.07) is 0.550. The molecule has 1 N–H and O–H groups in total. The number of carbonyl (C=O) groups excluding carboxylic acids is 1. The number of hydrogen-bond acceptors (Lipinski definition) is 7. The Balaban J connectivity index is 1.68. The lowest BCUT2D eigenvalue weighted by Gasteiger charge is -2.34. The maximum atomic E-state index is 12.3. The quantitative estimate of drug-likeness (QED) is 0.870. The van der Waals surface area contributed by atoms with E-state index in [-0.39, 0.29) is 5.91 Å². The zero-order chi connectivity index (χ0) is 15.7. The van der Waals surface area contributed by atoms with Gasteiger partial charge < -0.3 is 14.2 Å². The van der Waals surface area contributed by atoms with Crippen molar-refractivity contribution < 1.29 is 9.21 Å². The van der Waals surface area contributed by atoms with Crippen LogP contribution in [-0.2, 0) is 11.2 Å². The van der Waals surface area contributed by atoms with Crippen molar-refractivity contribution in [3.8, 4) is 0 Å². The fraction of sp³-hybridized carbons (Fsp3) is 0.714. The molecule has 1 aromatic heterocycles. The summed E-state index contributed by atoms with van der Waals surface area (Å²) in [4.78, 5) is 20.8. The number of guanidine groups is 1. The summed E-state index contributed by atoms with van der Waals surface area (Å²) in [6.07, 6.45) is 3.08. The number of nitrogens with one attached hydrogen (secondary N) is 1. The maximum absolute atomic E-state index is 12.3. The minimum atomic E-state index is -0.637. The third kappa shape index (κ3) is 2.53. The van der Waals surface area contributed by atoms with Gasteiger partial charge in [0.05, 0.1) is 0 Å². The second-order valence-corrected chi connectivity index (χ2v) is 6.03. The van der Waals surface area contributed by atoms with Gasteiger partial charge in [-0.1, -0.05) is 12.0 Å². The summed E-state index contributed by atoms with van der Waals surface area (Å²) >= 11 is 0. The van der Waals surface area contributed by atoms with Gasteiger partial charge in [-0.05, 0) is 19.3 Å². The van der Waals surface area contributed by atoms with Crippen LogP contribution in [0.15, 0.2) is 9.41 Å². The van der Waals surface area contributed by atoms with E-state index in [1.54, 1.807) is 0 Å². The lowest BCUT2D eigenvalue weighted by Crippen LogP contribution is -2.49. The van der Waals surface area contributed by atoms with Crippen molar-refractivity contribution in [2.24, 2.45) is 4.99 Å². The van der Waals surface area contributed by atoms with Gasteiger partial charge in [0.15, 0.2) is 0 Å². The van der Waals surface area contributed by atoms with E-state index in [2.05, 4.69) is 27.4 Å². The largest absolute Gasteiger partial charge is 0.408 e. The van der Waals surface area contributed by atoms with Gasteiger partial charge in [-0.3, -0.25) is 10.1 Å². The van der Waals surface area contributed by atoms with Crippen LogP contribution in [0.1, 0.15) is 32.1 Å². The molecule has 0 aliphatic carbocycles. The molecule has 22 heavy (non-hydrogen) atoms. The Labute approximate surface area is 129 Å². The van der Waals surface area contributed by atoms with Crippen molar-refractivity contribution in [2.75, 3.05) is 32.1 Å². The number of anilines is 1. The Morgan fingerprint density at radius 2 is 2.05 bits per heavy atom. The second kappa shape index (κ2) is 5.58. The summed E-state index contributed by atoms with van der Waals surface area (Å²) in [5.41, 5.74) is -0.637. The molecule has 8 heteroatoms. The first-order chi connectivity index (χ1) is 10.5. The number of hydrogen-bond donors (Lipinski definition) is 1. The van der Waals surface area contributed by atoms with Crippen LogP contribution in [0.2, 0.25) is 0 Å². The summed E-state index contributed by atoms with van der Waals surface area (Å²) in [6.45, 7) is 3.45. The number of aliphatic imine (C=N–C) groups is 1. The fourth-order valence-electron chi connectivity index (χ4n) is 2.81. The van der Waals surface area contributed by atoms with Crippen LogP contribution in [-0.4, -0.2) is 59.7 Å². The normalized spacial score (nSPS) is 20.2. The minimum absolute atomic E-state index is 0.00643. The molecule has 2 aliphatic heterocycles. The van der Waals surface area contributed by atoms with E-state index in [1.165, 1.54) is 0 Å². The van der Waals surface area contributed by atoms with Crippen LogP contribution in [0, 0.1) is 0 Å². The Morgan fingerprint density at radius 3 is 2.64 bits per heavy atom. The molecule has 3 heterocycles. The molecule has 1 fully saturated rings. The number of rotatable bonds is 3. The molecule has 1 aromatic rings. The number of piperidine rings is 1. The second-order valence-electron chi connectivity index (χ2n) is 6.03. The zero-order valence-corrected chi connectivity index (χ0v) is 13.3. The predicted molar refractivity (Wildman–Crippen MR) is 81.7 cm³/mol. The van der Waals surface area contributed by atoms with Crippen LogP contribution < -0.4 is 10.2 Å². The summed E-state index contributed by atoms with van der Waals surface area (Å²) in [5, 5.41) is 11.0. The zero-order valence-electron chi connectivity index (χ0n) is 13.3. The molecule has 0 bridgehead atoms. The third-order valence-electron chi connectivity index (χ3n) is 4.17. The molecule has 0 aromatic carbocycles.